The summed E-state index contributed by atoms with van der Waals surface area (Å²) < 4.78 is 11.9. The van der Waals surface area contributed by atoms with Crippen molar-refractivity contribution in [3.63, 3.8) is 0 Å². The average Bonchev–Trinajstić information content (AvgIpc) is 3.04. The number of nitrogens with zero attached hydrogens (tertiary/aromatic N) is 3. The second-order valence-corrected chi connectivity index (χ2v) is 11.3. The molecule has 2 aliphatic heterocycles. The number of piperazine rings is 1. The Bertz CT molecular complexity index is 1290. The topological polar surface area (TPSA) is 66.2 Å². The summed E-state index contributed by atoms with van der Waals surface area (Å²) in [6, 6.07) is 13.8. The van der Waals surface area contributed by atoms with Gasteiger partial charge in [0.1, 0.15) is 16.9 Å². The van der Waals surface area contributed by atoms with Crippen molar-refractivity contribution in [2.24, 2.45) is 0 Å². The largest absolute Gasteiger partial charge is 0.461 e. The van der Waals surface area contributed by atoms with E-state index >= 15 is 0 Å². The molecule has 5 rings (SSSR count). The predicted octanol–water partition coefficient (Wildman–Crippen LogP) is 5.66. The fourth-order valence-corrected chi connectivity index (χ4v) is 5.17. The summed E-state index contributed by atoms with van der Waals surface area (Å²) in [5.41, 5.74) is 3.32. The van der Waals surface area contributed by atoms with E-state index in [9.17, 15) is 9.59 Å². The van der Waals surface area contributed by atoms with Crippen molar-refractivity contribution in [1.82, 2.24) is 9.80 Å². The molecule has 0 spiro atoms. The van der Waals surface area contributed by atoms with E-state index in [1.807, 2.05) is 68.1 Å². The minimum Gasteiger partial charge on any atom is -0.461 e. The molecule has 196 valence electrons. The van der Waals surface area contributed by atoms with Gasteiger partial charge in [-0.2, -0.15) is 0 Å². The van der Waals surface area contributed by atoms with Crippen LogP contribution in [0.1, 0.15) is 44.1 Å². The van der Waals surface area contributed by atoms with Gasteiger partial charge in [0.25, 0.3) is 0 Å². The first-order valence-electron chi connectivity index (χ1n) is 13.0. The number of furan rings is 1. The van der Waals surface area contributed by atoms with Gasteiger partial charge in [0.15, 0.2) is 0 Å². The summed E-state index contributed by atoms with van der Waals surface area (Å²) in [6.07, 6.45) is 2.17. The van der Waals surface area contributed by atoms with Crippen LogP contribution in [0.2, 0.25) is 5.02 Å². The molecule has 1 aromatic heterocycles. The quantitative estimate of drug-likeness (QED) is 0.441. The van der Waals surface area contributed by atoms with E-state index in [2.05, 4.69) is 4.90 Å². The van der Waals surface area contributed by atoms with Crippen LogP contribution in [-0.4, -0.2) is 60.1 Å². The standard InChI is InChI=1S/C29H34ClN3O4/c1-29(2,3)37-28(35)32-13-4-5-25-24(18-32)23-11-10-22(17-26(23)36-25)33-16-15-31(19-27(33)34)14-12-20-6-8-21(30)9-7-20/h6-11,17H,4-5,12-16,18-19H2,1-3H3. The third-order valence-corrected chi connectivity index (χ3v) is 7.19. The minimum absolute atomic E-state index is 0.0888. The molecule has 2 aliphatic rings. The lowest BCUT2D eigenvalue weighted by Gasteiger charge is -2.34. The van der Waals surface area contributed by atoms with Crippen LogP contribution >= 0.6 is 11.6 Å². The van der Waals surface area contributed by atoms with Crippen molar-refractivity contribution in [3.8, 4) is 0 Å². The van der Waals surface area contributed by atoms with Crippen molar-refractivity contribution in [1.29, 1.82) is 0 Å². The van der Waals surface area contributed by atoms with Gasteiger partial charge in [-0.15, -0.1) is 0 Å². The number of amides is 2. The SMILES string of the molecule is CC(C)(C)OC(=O)N1CCCc2oc3cc(N4CCN(CCc5ccc(Cl)cc5)CC4=O)ccc3c2C1. The number of carbonyl (C=O) groups is 2. The van der Waals surface area contributed by atoms with Gasteiger partial charge >= 0.3 is 6.09 Å². The smallest absolute Gasteiger partial charge is 0.410 e. The Hall–Kier alpha value is -3.03. The van der Waals surface area contributed by atoms with E-state index in [0.717, 1.165) is 65.4 Å². The molecule has 1 fully saturated rings. The first kappa shape index (κ1) is 25.6. The number of rotatable bonds is 4. The summed E-state index contributed by atoms with van der Waals surface area (Å²) in [5, 5.41) is 1.72. The average molecular weight is 524 g/mol. The van der Waals surface area contributed by atoms with Gasteiger partial charge in [-0.1, -0.05) is 23.7 Å². The summed E-state index contributed by atoms with van der Waals surface area (Å²) in [7, 11) is 0. The highest BCUT2D eigenvalue weighted by molar-refractivity contribution is 6.30. The number of anilines is 1. The van der Waals surface area contributed by atoms with Crippen LogP contribution in [-0.2, 0) is 28.9 Å². The maximum Gasteiger partial charge on any atom is 0.410 e. The molecule has 7 nitrogen and oxygen atoms in total. The third kappa shape index (κ3) is 5.94. The van der Waals surface area contributed by atoms with Crippen LogP contribution in [0.3, 0.4) is 0 Å². The minimum atomic E-state index is -0.536. The van der Waals surface area contributed by atoms with Gasteiger partial charge in [0.2, 0.25) is 5.91 Å². The van der Waals surface area contributed by atoms with Crippen LogP contribution in [0.25, 0.3) is 11.0 Å². The molecule has 0 saturated carbocycles. The van der Waals surface area contributed by atoms with Crippen molar-refractivity contribution in [2.75, 3.05) is 37.6 Å². The van der Waals surface area contributed by atoms with Gasteiger partial charge in [-0.25, -0.2) is 4.79 Å². The lowest BCUT2D eigenvalue weighted by atomic mass is 10.1. The number of halogens is 1. The van der Waals surface area contributed by atoms with E-state index in [-0.39, 0.29) is 12.0 Å². The van der Waals surface area contributed by atoms with Crippen molar-refractivity contribution in [2.45, 2.75) is 52.2 Å². The van der Waals surface area contributed by atoms with Gasteiger partial charge in [0, 0.05) is 60.3 Å². The lowest BCUT2D eigenvalue weighted by Crippen LogP contribution is -2.50. The summed E-state index contributed by atoms with van der Waals surface area (Å²) in [5.74, 6) is 1.00. The first-order chi connectivity index (χ1) is 17.7. The van der Waals surface area contributed by atoms with E-state index in [0.29, 0.717) is 26.2 Å². The number of carbonyl (C=O) groups excluding carboxylic acids is 2. The number of hydrogen-bond donors (Lipinski definition) is 0. The fraction of sp³-hybridized carbons (Fsp3) is 0.448. The second kappa shape index (κ2) is 10.4. The summed E-state index contributed by atoms with van der Waals surface area (Å²) in [4.78, 5) is 31.6. The van der Waals surface area contributed by atoms with Gasteiger partial charge in [0.05, 0.1) is 13.1 Å². The highest BCUT2D eigenvalue weighted by atomic mass is 35.5. The zero-order valence-corrected chi connectivity index (χ0v) is 22.5. The predicted molar refractivity (Wildman–Crippen MR) is 145 cm³/mol. The Morgan fingerprint density at radius 2 is 1.84 bits per heavy atom. The monoisotopic (exact) mass is 523 g/mol. The molecule has 0 N–H and O–H groups in total. The molecule has 3 aromatic rings. The van der Waals surface area contributed by atoms with Gasteiger partial charge in [-0.05, 0) is 63.4 Å². The highest BCUT2D eigenvalue weighted by Crippen LogP contribution is 2.33. The van der Waals surface area contributed by atoms with Crippen LogP contribution in [0.15, 0.2) is 46.9 Å². The molecule has 8 heteroatoms. The molecule has 3 heterocycles. The molecule has 0 atom stereocenters. The molecule has 0 bridgehead atoms. The first-order valence-corrected chi connectivity index (χ1v) is 13.3. The molecule has 2 aromatic carbocycles. The van der Waals surface area contributed by atoms with Crippen molar-refractivity contribution >= 4 is 40.3 Å². The zero-order chi connectivity index (χ0) is 26.2. The molecule has 0 aliphatic carbocycles. The normalized spacial score (nSPS) is 17.1. The number of ether oxygens (including phenoxy) is 1. The number of hydrogen-bond acceptors (Lipinski definition) is 5. The van der Waals surface area contributed by atoms with Gasteiger partial charge < -0.3 is 19.0 Å². The molecule has 37 heavy (non-hydrogen) atoms. The number of aryl methyl sites for hydroxylation is 1. The lowest BCUT2D eigenvalue weighted by molar-refractivity contribution is -0.121. The van der Waals surface area contributed by atoms with Crippen LogP contribution < -0.4 is 4.90 Å². The number of fused-ring (bicyclic) bond motifs is 3. The third-order valence-electron chi connectivity index (χ3n) is 6.93. The molecular weight excluding hydrogens is 490 g/mol. The van der Waals surface area contributed by atoms with E-state index in [1.165, 1.54) is 5.56 Å². The van der Waals surface area contributed by atoms with Crippen LogP contribution in [0.5, 0.6) is 0 Å². The Morgan fingerprint density at radius 1 is 1.05 bits per heavy atom. The molecule has 0 unspecified atom stereocenters. The second-order valence-electron chi connectivity index (χ2n) is 10.9. The fourth-order valence-electron chi connectivity index (χ4n) is 5.04. The molecule has 0 radical (unpaired) electrons. The maximum absolute atomic E-state index is 13.0. The van der Waals surface area contributed by atoms with Crippen molar-refractivity contribution in [3.05, 3.63) is 64.4 Å². The Morgan fingerprint density at radius 3 is 2.57 bits per heavy atom. The van der Waals surface area contributed by atoms with E-state index in [4.69, 9.17) is 20.8 Å². The van der Waals surface area contributed by atoms with E-state index < -0.39 is 5.60 Å². The van der Waals surface area contributed by atoms with Crippen LogP contribution in [0, 0.1) is 0 Å². The Balaban J connectivity index is 1.26. The maximum atomic E-state index is 13.0. The Labute approximate surface area is 222 Å². The Kier molecular flexibility index (Phi) is 7.19. The number of benzene rings is 2. The highest BCUT2D eigenvalue weighted by Gasteiger charge is 2.29. The zero-order valence-electron chi connectivity index (χ0n) is 21.8. The van der Waals surface area contributed by atoms with Crippen molar-refractivity contribution < 1.29 is 18.7 Å². The summed E-state index contributed by atoms with van der Waals surface area (Å²) >= 11 is 5.98. The molecule has 2 amide bonds. The van der Waals surface area contributed by atoms with Crippen LogP contribution in [0.4, 0.5) is 10.5 Å². The molecular formula is C29H34ClN3O4. The van der Waals surface area contributed by atoms with E-state index in [1.54, 1.807) is 4.90 Å². The van der Waals surface area contributed by atoms with Gasteiger partial charge in [-0.3, -0.25) is 9.69 Å². The molecule has 1 saturated heterocycles. The summed E-state index contributed by atoms with van der Waals surface area (Å²) in [6.45, 7) is 9.41.